The van der Waals surface area contributed by atoms with Crippen LogP contribution in [0.5, 0.6) is 11.5 Å². The fourth-order valence-electron chi connectivity index (χ4n) is 3.84. The Morgan fingerprint density at radius 1 is 1.12 bits per heavy atom. The number of para-hydroxylation sites is 1. The quantitative estimate of drug-likeness (QED) is 0.455. The maximum Gasteiger partial charge on any atom is 0.298 e. The van der Waals surface area contributed by atoms with Gasteiger partial charge in [-0.2, -0.15) is 5.10 Å². The summed E-state index contributed by atoms with van der Waals surface area (Å²) in [7, 11) is 0. The summed E-state index contributed by atoms with van der Waals surface area (Å²) in [5.41, 5.74) is 2.50. The molecule has 1 amide bonds. The summed E-state index contributed by atoms with van der Waals surface area (Å²) < 4.78 is 7.76. The molecule has 158 valence electrons. The zero-order valence-electron chi connectivity index (χ0n) is 17.6. The summed E-state index contributed by atoms with van der Waals surface area (Å²) >= 11 is 0. The van der Waals surface area contributed by atoms with E-state index in [2.05, 4.69) is 21.8 Å². The van der Waals surface area contributed by atoms with Gasteiger partial charge in [0, 0.05) is 18.3 Å². The molecule has 0 N–H and O–H groups in total. The predicted molar refractivity (Wildman–Crippen MR) is 121 cm³/mol. The van der Waals surface area contributed by atoms with Crippen LogP contribution in [0.1, 0.15) is 13.3 Å². The first-order chi connectivity index (χ1) is 15.7. The molecule has 3 heterocycles. The van der Waals surface area contributed by atoms with Crippen LogP contribution in [0.3, 0.4) is 0 Å². The van der Waals surface area contributed by atoms with Gasteiger partial charge < -0.3 is 9.64 Å². The van der Waals surface area contributed by atoms with E-state index in [0.29, 0.717) is 6.54 Å². The number of rotatable bonds is 5. The summed E-state index contributed by atoms with van der Waals surface area (Å²) in [5, 5.41) is 5.70. The van der Waals surface area contributed by atoms with E-state index in [0.717, 1.165) is 46.8 Å². The summed E-state index contributed by atoms with van der Waals surface area (Å²) in [6.45, 7) is 2.97. The Bertz CT molecular complexity index is 1320. The average Bonchev–Trinajstić information content (AvgIpc) is 3.17. The second-order valence-electron chi connectivity index (χ2n) is 7.55. The zero-order chi connectivity index (χ0) is 21.9. The number of fused-ring (bicyclic) bond motifs is 1. The number of hydrogen-bond acceptors (Lipinski definition) is 5. The lowest BCUT2D eigenvalue weighted by Gasteiger charge is -2.39. The molecular weight excluding hydrogens is 402 g/mol. The van der Waals surface area contributed by atoms with Crippen molar-refractivity contribution in [3.63, 3.8) is 0 Å². The molecule has 4 aromatic rings. The molecule has 0 saturated carbocycles. The van der Waals surface area contributed by atoms with Crippen LogP contribution in [-0.4, -0.2) is 43.1 Å². The molecule has 0 aliphatic carbocycles. The molecule has 5 rings (SSSR count). The zero-order valence-corrected chi connectivity index (χ0v) is 17.6. The minimum Gasteiger partial charge on any atom is -0.457 e. The fraction of sp³-hybridized carbons (Fsp3) is 0.200. The van der Waals surface area contributed by atoms with Crippen molar-refractivity contribution in [2.45, 2.75) is 25.9 Å². The number of benzene rings is 2. The van der Waals surface area contributed by atoms with Crippen molar-refractivity contribution in [1.29, 1.82) is 0 Å². The molecule has 0 spiro atoms. The minimum absolute atomic E-state index is 0.0657. The first-order valence-electron chi connectivity index (χ1n) is 10.5. The van der Waals surface area contributed by atoms with E-state index in [1.165, 1.54) is 6.33 Å². The van der Waals surface area contributed by atoms with E-state index < -0.39 is 0 Å². The Morgan fingerprint density at radius 3 is 2.62 bits per heavy atom. The molecule has 2 aromatic carbocycles. The molecule has 32 heavy (non-hydrogen) atoms. The van der Waals surface area contributed by atoms with Crippen LogP contribution in [0.15, 0.2) is 67.1 Å². The Balaban J connectivity index is 1.41. The molecule has 1 fully saturated rings. The van der Waals surface area contributed by atoms with Crippen LogP contribution in [0.2, 0.25) is 0 Å². The number of carbonyl (C=O) groups is 1. The third-order valence-electron chi connectivity index (χ3n) is 5.54. The van der Waals surface area contributed by atoms with Gasteiger partial charge in [-0.05, 0) is 55.7 Å². The highest BCUT2D eigenvalue weighted by atomic mass is 16.5. The van der Waals surface area contributed by atoms with Gasteiger partial charge in [-0.3, -0.25) is 4.79 Å². The number of likely N-dealkylation sites (tertiary alicyclic amines) is 1. The summed E-state index contributed by atoms with van der Waals surface area (Å²) in [4.78, 5) is 22.6. The molecule has 1 atom stereocenters. The number of nitrogens with zero attached hydrogens (tertiary/aromatic N) is 5. The van der Waals surface area contributed by atoms with E-state index in [1.807, 2.05) is 59.3 Å². The van der Waals surface area contributed by atoms with E-state index in [1.54, 1.807) is 18.0 Å². The van der Waals surface area contributed by atoms with Gasteiger partial charge in [-0.25, -0.2) is 14.6 Å². The van der Waals surface area contributed by atoms with E-state index >= 15 is 0 Å². The SMILES string of the molecule is CC#CC(=O)N1CC[C@H]1Cn1nc(-c2ccc(Oc3ccccc3)cc2)c2cncnc21. The molecule has 0 unspecified atom stereocenters. The van der Waals surface area contributed by atoms with Gasteiger partial charge >= 0.3 is 0 Å². The van der Waals surface area contributed by atoms with Crippen LogP contribution in [0, 0.1) is 11.8 Å². The molecular formula is C25H21N5O2. The highest BCUT2D eigenvalue weighted by Crippen LogP contribution is 2.30. The highest BCUT2D eigenvalue weighted by molar-refractivity contribution is 5.94. The number of hydrogen-bond donors (Lipinski definition) is 0. The topological polar surface area (TPSA) is 73.1 Å². The van der Waals surface area contributed by atoms with Crippen LogP contribution in [0.25, 0.3) is 22.3 Å². The lowest BCUT2D eigenvalue weighted by atomic mass is 10.0. The Morgan fingerprint density at radius 2 is 1.91 bits per heavy atom. The lowest BCUT2D eigenvalue weighted by molar-refractivity contribution is -0.132. The largest absolute Gasteiger partial charge is 0.457 e. The first-order valence-corrected chi connectivity index (χ1v) is 10.5. The number of amides is 1. The second kappa shape index (κ2) is 8.52. The monoisotopic (exact) mass is 423 g/mol. The van der Waals surface area contributed by atoms with E-state index in [4.69, 9.17) is 9.84 Å². The molecule has 7 heteroatoms. The maximum absolute atomic E-state index is 12.2. The van der Waals surface area contributed by atoms with Crippen LogP contribution in [0.4, 0.5) is 0 Å². The van der Waals surface area contributed by atoms with Crippen LogP contribution >= 0.6 is 0 Å². The van der Waals surface area contributed by atoms with Crippen molar-refractivity contribution in [3.05, 3.63) is 67.1 Å². The van der Waals surface area contributed by atoms with E-state index in [9.17, 15) is 4.79 Å². The number of ether oxygens (including phenoxy) is 1. The maximum atomic E-state index is 12.2. The van der Waals surface area contributed by atoms with E-state index in [-0.39, 0.29) is 11.9 Å². The van der Waals surface area contributed by atoms with Gasteiger partial charge in [-0.1, -0.05) is 24.1 Å². The molecule has 7 nitrogen and oxygen atoms in total. The lowest BCUT2D eigenvalue weighted by Crippen LogP contribution is -2.52. The van der Waals surface area contributed by atoms with Gasteiger partial charge in [0.2, 0.25) is 0 Å². The van der Waals surface area contributed by atoms with Gasteiger partial charge in [0.1, 0.15) is 23.5 Å². The van der Waals surface area contributed by atoms with Gasteiger partial charge in [0.25, 0.3) is 5.91 Å². The number of aromatic nitrogens is 4. The van der Waals surface area contributed by atoms with Gasteiger partial charge in [0.15, 0.2) is 5.65 Å². The summed E-state index contributed by atoms with van der Waals surface area (Å²) in [6.07, 6.45) is 4.22. The molecule has 0 radical (unpaired) electrons. The van der Waals surface area contributed by atoms with Crippen molar-refractivity contribution in [3.8, 4) is 34.6 Å². The Kier molecular flexibility index (Phi) is 5.26. The third-order valence-corrected chi connectivity index (χ3v) is 5.54. The number of carbonyl (C=O) groups excluding carboxylic acids is 1. The first kappa shape index (κ1) is 19.8. The summed E-state index contributed by atoms with van der Waals surface area (Å²) in [6, 6.07) is 17.5. The Labute approximate surface area is 185 Å². The fourth-order valence-corrected chi connectivity index (χ4v) is 3.84. The van der Waals surface area contributed by atoms with Crippen molar-refractivity contribution in [1.82, 2.24) is 24.6 Å². The van der Waals surface area contributed by atoms with Crippen molar-refractivity contribution in [2.75, 3.05) is 6.54 Å². The van der Waals surface area contributed by atoms with Gasteiger partial charge in [0.05, 0.1) is 18.0 Å². The molecule has 1 aliphatic heterocycles. The molecule has 2 aromatic heterocycles. The van der Waals surface area contributed by atoms with Crippen LogP contribution < -0.4 is 4.74 Å². The molecule has 0 bridgehead atoms. The standard InChI is InChI=1S/C25H21N5O2/c1-2-6-23(31)29-14-13-19(29)16-30-25-22(15-26-17-27-25)24(28-30)18-9-11-21(12-10-18)32-20-7-4-3-5-8-20/h3-5,7-12,15,17,19H,13-14,16H2,1H3/t19-/m0/s1. The third kappa shape index (κ3) is 3.79. The molecule has 1 saturated heterocycles. The second-order valence-corrected chi connectivity index (χ2v) is 7.55. The minimum atomic E-state index is -0.135. The van der Waals surface area contributed by atoms with Crippen molar-refractivity contribution in [2.24, 2.45) is 0 Å². The van der Waals surface area contributed by atoms with Gasteiger partial charge in [-0.15, -0.1) is 0 Å². The van der Waals surface area contributed by atoms with Crippen LogP contribution in [-0.2, 0) is 11.3 Å². The smallest absolute Gasteiger partial charge is 0.298 e. The normalized spacial score (nSPS) is 15.0. The predicted octanol–water partition coefficient (Wildman–Crippen LogP) is 3.91. The van der Waals surface area contributed by atoms with Crippen molar-refractivity contribution < 1.29 is 9.53 Å². The summed E-state index contributed by atoms with van der Waals surface area (Å²) in [5.74, 6) is 6.71. The Hall–Kier alpha value is -4.18. The average molecular weight is 423 g/mol. The molecule has 1 aliphatic rings. The highest BCUT2D eigenvalue weighted by Gasteiger charge is 2.32. The van der Waals surface area contributed by atoms with Crippen molar-refractivity contribution >= 4 is 16.9 Å².